The normalized spacial score (nSPS) is 20.0. The van der Waals surface area contributed by atoms with E-state index < -0.39 is 35.7 Å². The number of ether oxygens (including phenoxy) is 1. The SMILES string of the molecule is C=C(C)C(=O)OCCC1(C(=O)O)C=CC(C(N)=O)=C(C(=O)O)C1. The number of primary amides is 1. The molecule has 0 radical (unpaired) electrons. The van der Waals surface area contributed by atoms with E-state index in [0.717, 1.165) is 6.08 Å². The highest BCUT2D eigenvalue weighted by Gasteiger charge is 2.41. The fourth-order valence-corrected chi connectivity index (χ4v) is 2.11. The fourth-order valence-electron chi connectivity index (χ4n) is 2.11. The van der Waals surface area contributed by atoms with Crippen LogP contribution in [0, 0.1) is 5.41 Å². The summed E-state index contributed by atoms with van der Waals surface area (Å²) >= 11 is 0. The van der Waals surface area contributed by atoms with Gasteiger partial charge in [-0.05, 0) is 6.92 Å². The monoisotopic (exact) mass is 323 g/mol. The minimum Gasteiger partial charge on any atom is -0.481 e. The Balaban J connectivity index is 3.01. The number of amides is 1. The van der Waals surface area contributed by atoms with Crippen LogP contribution in [0.15, 0.2) is 35.5 Å². The van der Waals surface area contributed by atoms with E-state index in [0.29, 0.717) is 0 Å². The lowest BCUT2D eigenvalue weighted by atomic mass is 9.74. The molecule has 0 heterocycles. The maximum absolute atomic E-state index is 11.6. The Bertz CT molecular complexity index is 644. The Hall–Kier alpha value is -2.90. The molecule has 8 heteroatoms. The molecule has 4 N–H and O–H groups in total. The van der Waals surface area contributed by atoms with Gasteiger partial charge < -0.3 is 20.7 Å². The van der Waals surface area contributed by atoms with Crippen molar-refractivity contribution in [3.05, 3.63) is 35.5 Å². The smallest absolute Gasteiger partial charge is 0.333 e. The van der Waals surface area contributed by atoms with E-state index >= 15 is 0 Å². The largest absolute Gasteiger partial charge is 0.481 e. The van der Waals surface area contributed by atoms with E-state index in [9.17, 15) is 24.3 Å². The van der Waals surface area contributed by atoms with Crippen molar-refractivity contribution in [1.82, 2.24) is 0 Å². The number of aliphatic carboxylic acids is 2. The predicted molar refractivity (Wildman–Crippen MR) is 78.1 cm³/mol. The lowest BCUT2D eigenvalue weighted by molar-refractivity contribution is -0.150. The van der Waals surface area contributed by atoms with Crippen molar-refractivity contribution < 1.29 is 34.1 Å². The molecule has 0 aromatic heterocycles. The molecule has 0 aromatic carbocycles. The van der Waals surface area contributed by atoms with Gasteiger partial charge in [0.25, 0.3) is 0 Å². The van der Waals surface area contributed by atoms with Gasteiger partial charge in [-0.2, -0.15) is 0 Å². The number of carboxylic acid groups (broad SMARTS) is 2. The first-order chi connectivity index (χ1) is 10.6. The van der Waals surface area contributed by atoms with Gasteiger partial charge in [0.15, 0.2) is 0 Å². The molecule has 0 saturated heterocycles. The minimum absolute atomic E-state index is 0.152. The van der Waals surface area contributed by atoms with Gasteiger partial charge in [0.2, 0.25) is 5.91 Å². The molecule has 1 aliphatic carbocycles. The van der Waals surface area contributed by atoms with Crippen LogP contribution in [0.2, 0.25) is 0 Å². The maximum Gasteiger partial charge on any atom is 0.333 e. The van der Waals surface area contributed by atoms with E-state index in [1.807, 2.05) is 0 Å². The molecule has 1 unspecified atom stereocenters. The molecule has 8 nitrogen and oxygen atoms in total. The van der Waals surface area contributed by atoms with E-state index in [1.54, 1.807) is 0 Å². The molecular formula is C15H17NO7. The Kier molecular flexibility index (Phi) is 5.45. The van der Waals surface area contributed by atoms with E-state index in [-0.39, 0.29) is 29.7 Å². The lowest BCUT2D eigenvalue weighted by Gasteiger charge is -2.29. The Labute approximate surface area is 131 Å². The van der Waals surface area contributed by atoms with Gasteiger partial charge in [-0.3, -0.25) is 9.59 Å². The third-order valence-electron chi connectivity index (χ3n) is 3.47. The highest BCUT2D eigenvalue weighted by Crippen LogP contribution is 2.38. The summed E-state index contributed by atoms with van der Waals surface area (Å²) in [7, 11) is 0. The second-order valence-electron chi connectivity index (χ2n) is 5.20. The average Bonchev–Trinajstić information content (AvgIpc) is 2.46. The topological polar surface area (TPSA) is 144 Å². The summed E-state index contributed by atoms with van der Waals surface area (Å²) in [6, 6.07) is 0. The van der Waals surface area contributed by atoms with Crippen molar-refractivity contribution >= 4 is 23.8 Å². The molecule has 0 aliphatic heterocycles. The fraction of sp³-hybridized carbons (Fsp3) is 0.333. The molecule has 124 valence electrons. The summed E-state index contributed by atoms with van der Waals surface area (Å²) in [4.78, 5) is 45.4. The number of carboxylic acids is 2. The molecule has 0 bridgehead atoms. The van der Waals surface area contributed by atoms with Crippen LogP contribution in [0.1, 0.15) is 19.8 Å². The van der Waals surface area contributed by atoms with Crippen molar-refractivity contribution in [3.63, 3.8) is 0 Å². The molecule has 0 aromatic rings. The molecular weight excluding hydrogens is 306 g/mol. The zero-order valence-electron chi connectivity index (χ0n) is 12.5. The van der Waals surface area contributed by atoms with Crippen LogP contribution in [-0.4, -0.2) is 40.6 Å². The van der Waals surface area contributed by atoms with E-state index in [1.165, 1.54) is 13.0 Å². The summed E-state index contributed by atoms with van der Waals surface area (Å²) in [5, 5.41) is 18.6. The molecule has 1 rings (SSSR count). The Morgan fingerprint density at radius 2 is 1.96 bits per heavy atom. The van der Waals surface area contributed by atoms with Crippen LogP contribution in [-0.2, 0) is 23.9 Å². The third kappa shape index (κ3) is 4.06. The van der Waals surface area contributed by atoms with Crippen LogP contribution in [0.5, 0.6) is 0 Å². The summed E-state index contributed by atoms with van der Waals surface area (Å²) < 4.78 is 4.86. The number of carbonyl (C=O) groups is 4. The molecule has 0 spiro atoms. The van der Waals surface area contributed by atoms with Crippen LogP contribution in [0.25, 0.3) is 0 Å². The standard InChI is InChI=1S/C15H17NO7/c1-8(2)13(20)23-6-5-15(14(21)22)4-3-9(11(16)17)10(7-15)12(18)19/h3-4H,1,5-7H2,2H3,(H2,16,17)(H,18,19)(H,21,22). The zero-order chi connectivity index (χ0) is 17.8. The third-order valence-corrected chi connectivity index (χ3v) is 3.47. The number of carbonyl (C=O) groups excluding carboxylic acids is 2. The number of hydrogen-bond acceptors (Lipinski definition) is 5. The number of nitrogens with two attached hydrogens (primary N) is 1. The minimum atomic E-state index is -1.60. The van der Waals surface area contributed by atoms with Gasteiger partial charge in [-0.15, -0.1) is 0 Å². The molecule has 1 amide bonds. The highest BCUT2D eigenvalue weighted by atomic mass is 16.5. The van der Waals surface area contributed by atoms with E-state index in [2.05, 4.69) is 6.58 Å². The molecule has 1 aliphatic rings. The van der Waals surface area contributed by atoms with Gasteiger partial charge in [0.05, 0.1) is 17.6 Å². The van der Waals surface area contributed by atoms with Gasteiger partial charge in [-0.1, -0.05) is 18.7 Å². The summed E-state index contributed by atoms with van der Waals surface area (Å²) in [6.45, 7) is 4.61. The Morgan fingerprint density at radius 1 is 1.35 bits per heavy atom. The first-order valence-corrected chi connectivity index (χ1v) is 6.62. The highest BCUT2D eigenvalue weighted by molar-refractivity contribution is 6.05. The first-order valence-electron chi connectivity index (χ1n) is 6.62. The zero-order valence-corrected chi connectivity index (χ0v) is 12.5. The van der Waals surface area contributed by atoms with Crippen molar-refractivity contribution in [2.75, 3.05) is 6.61 Å². The van der Waals surface area contributed by atoms with Crippen LogP contribution in [0.4, 0.5) is 0 Å². The molecule has 0 saturated carbocycles. The van der Waals surface area contributed by atoms with Crippen LogP contribution in [0.3, 0.4) is 0 Å². The Morgan fingerprint density at radius 3 is 2.39 bits per heavy atom. The van der Waals surface area contributed by atoms with Gasteiger partial charge >= 0.3 is 17.9 Å². The second-order valence-corrected chi connectivity index (χ2v) is 5.20. The average molecular weight is 323 g/mol. The van der Waals surface area contributed by atoms with Crippen molar-refractivity contribution in [2.45, 2.75) is 19.8 Å². The quantitative estimate of drug-likeness (QED) is 0.454. The van der Waals surface area contributed by atoms with Crippen molar-refractivity contribution in [1.29, 1.82) is 0 Å². The number of hydrogen-bond donors (Lipinski definition) is 3. The number of esters is 1. The molecule has 23 heavy (non-hydrogen) atoms. The van der Waals surface area contributed by atoms with E-state index in [4.69, 9.17) is 15.6 Å². The van der Waals surface area contributed by atoms with Gasteiger partial charge in [0, 0.05) is 24.0 Å². The van der Waals surface area contributed by atoms with Crippen LogP contribution < -0.4 is 5.73 Å². The summed E-state index contributed by atoms with van der Waals surface area (Å²) in [6.07, 6.45) is 1.71. The lowest BCUT2D eigenvalue weighted by Crippen LogP contribution is -2.35. The molecule has 1 atom stereocenters. The van der Waals surface area contributed by atoms with Crippen LogP contribution >= 0.6 is 0 Å². The summed E-state index contributed by atoms with van der Waals surface area (Å²) in [5.74, 6) is -4.33. The predicted octanol–water partition coefficient (Wildman–Crippen LogP) is 0.393. The summed E-state index contributed by atoms with van der Waals surface area (Å²) in [5.41, 5.74) is 3.04. The first kappa shape index (κ1) is 18.1. The maximum atomic E-state index is 11.6. The van der Waals surface area contributed by atoms with Crippen molar-refractivity contribution in [3.8, 4) is 0 Å². The molecule has 0 fully saturated rings. The van der Waals surface area contributed by atoms with Gasteiger partial charge in [-0.25, -0.2) is 9.59 Å². The number of rotatable bonds is 7. The second kappa shape index (κ2) is 6.91. The van der Waals surface area contributed by atoms with Gasteiger partial charge in [0.1, 0.15) is 0 Å². The van der Waals surface area contributed by atoms with Crippen molar-refractivity contribution in [2.24, 2.45) is 11.1 Å².